The van der Waals surface area contributed by atoms with E-state index in [4.69, 9.17) is 5.11 Å². The summed E-state index contributed by atoms with van der Waals surface area (Å²) in [6.45, 7) is 1.09. The average Bonchev–Trinajstić information content (AvgIpc) is 2.84. The fourth-order valence-electron chi connectivity index (χ4n) is 3.48. The number of rotatable bonds is 2. The van der Waals surface area contributed by atoms with Gasteiger partial charge >= 0.3 is 12.5 Å². The molecule has 6 nitrogen and oxygen atoms in total. The Hall–Kier alpha value is -2.45. The van der Waals surface area contributed by atoms with E-state index in [0.717, 1.165) is 0 Å². The Labute approximate surface area is 141 Å². The number of hydrogen-bond acceptors (Lipinski definition) is 3. The Balaban J connectivity index is 1.69. The number of benzene rings is 1. The van der Waals surface area contributed by atoms with E-state index in [1.165, 1.54) is 29.2 Å². The fourth-order valence-corrected chi connectivity index (χ4v) is 3.48. The van der Waals surface area contributed by atoms with E-state index < -0.39 is 17.9 Å². The van der Waals surface area contributed by atoms with Crippen LogP contribution in [0.2, 0.25) is 0 Å². The number of anilines is 1. The fraction of sp³-hybridized carbons (Fsp3) is 0.500. The van der Waals surface area contributed by atoms with Crippen LogP contribution in [0.5, 0.6) is 5.75 Å². The van der Waals surface area contributed by atoms with Gasteiger partial charge in [0, 0.05) is 25.3 Å². The van der Waals surface area contributed by atoms with E-state index in [-0.39, 0.29) is 11.7 Å². The van der Waals surface area contributed by atoms with Crippen molar-refractivity contribution in [1.29, 1.82) is 0 Å². The van der Waals surface area contributed by atoms with Gasteiger partial charge < -0.3 is 19.6 Å². The van der Waals surface area contributed by atoms with Gasteiger partial charge in [-0.2, -0.15) is 0 Å². The topological polar surface area (TPSA) is 70.1 Å². The van der Waals surface area contributed by atoms with Gasteiger partial charge in [-0.3, -0.25) is 4.79 Å². The first-order valence-corrected chi connectivity index (χ1v) is 7.86. The van der Waals surface area contributed by atoms with Crippen LogP contribution >= 0.6 is 0 Å². The van der Waals surface area contributed by atoms with Gasteiger partial charge in [-0.1, -0.05) is 0 Å². The highest BCUT2D eigenvalue weighted by Crippen LogP contribution is 2.43. The first-order chi connectivity index (χ1) is 11.7. The zero-order valence-electron chi connectivity index (χ0n) is 13.3. The summed E-state index contributed by atoms with van der Waals surface area (Å²) in [5.41, 5.74) is -0.0651. The summed E-state index contributed by atoms with van der Waals surface area (Å²) < 4.78 is 40.4. The first-order valence-electron chi connectivity index (χ1n) is 7.86. The standard InChI is InChI=1S/C16H17F3N2O4/c17-16(18,19)25-12-3-1-11(2-4-12)21-10-7-15(13(21)22)5-8-20(9-6-15)14(23)24/h1-4H,5-10H2,(H,23,24). The number of alkyl halides is 3. The summed E-state index contributed by atoms with van der Waals surface area (Å²) in [5, 5.41) is 9.01. The highest BCUT2D eigenvalue weighted by molar-refractivity contribution is 6.00. The molecule has 136 valence electrons. The van der Waals surface area contributed by atoms with Crippen molar-refractivity contribution in [2.24, 2.45) is 5.41 Å². The third-order valence-corrected chi connectivity index (χ3v) is 4.89. The molecule has 1 aromatic carbocycles. The van der Waals surface area contributed by atoms with Crippen LogP contribution in [-0.4, -0.2) is 48.0 Å². The molecule has 0 atom stereocenters. The number of carboxylic acid groups (broad SMARTS) is 1. The summed E-state index contributed by atoms with van der Waals surface area (Å²) in [6.07, 6.45) is -4.21. The van der Waals surface area contributed by atoms with E-state index in [2.05, 4.69) is 4.74 Å². The van der Waals surface area contributed by atoms with Crippen molar-refractivity contribution >= 4 is 17.7 Å². The first kappa shape index (κ1) is 17.4. The van der Waals surface area contributed by atoms with E-state index in [0.29, 0.717) is 44.6 Å². The molecule has 1 N–H and O–H groups in total. The third-order valence-electron chi connectivity index (χ3n) is 4.89. The molecule has 2 saturated heterocycles. The van der Waals surface area contributed by atoms with Crippen molar-refractivity contribution in [3.8, 4) is 5.75 Å². The summed E-state index contributed by atoms with van der Waals surface area (Å²) in [4.78, 5) is 26.7. The van der Waals surface area contributed by atoms with Gasteiger partial charge in [0.25, 0.3) is 0 Å². The van der Waals surface area contributed by atoms with Crippen molar-refractivity contribution in [2.75, 3.05) is 24.5 Å². The van der Waals surface area contributed by atoms with Gasteiger partial charge in [0.15, 0.2) is 0 Å². The van der Waals surface area contributed by atoms with Gasteiger partial charge in [0.05, 0.1) is 5.41 Å². The highest BCUT2D eigenvalue weighted by Gasteiger charge is 2.49. The van der Waals surface area contributed by atoms with Crippen LogP contribution in [-0.2, 0) is 4.79 Å². The van der Waals surface area contributed by atoms with Crippen LogP contribution in [0.4, 0.5) is 23.7 Å². The van der Waals surface area contributed by atoms with Gasteiger partial charge in [-0.05, 0) is 43.5 Å². The zero-order chi connectivity index (χ0) is 18.2. The molecule has 0 aliphatic carbocycles. The van der Waals surface area contributed by atoms with Crippen LogP contribution in [0.25, 0.3) is 0 Å². The largest absolute Gasteiger partial charge is 0.573 e. The monoisotopic (exact) mass is 358 g/mol. The Morgan fingerprint density at radius 3 is 2.16 bits per heavy atom. The molecule has 2 amide bonds. The van der Waals surface area contributed by atoms with Crippen molar-refractivity contribution in [2.45, 2.75) is 25.6 Å². The maximum atomic E-state index is 12.8. The SMILES string of the molecule is O=C(O)N1CCC2(CC1)CCN(c1ccc(OC(F)(F)F)cc1)C2=O. The summed E-state index contributed by atoms with van der Waals surface area (Å²) in [7, 11) is 0. The molecule has 0 aromatic heterocycles. The molecular formula is C16H17F3N2O4. The maximum absolute atomic E-state index is 12.8. The average molecular weight is 358 g/mol. The minimum Gasteiger partial charge on any atom is -0.465 e. The van der Waals surface area contributed by atoms with Crippen LogP contribution in [0.1, 0.15) is 19.3 Å². The molecule has 0 saturated carbocycles. The molecule has 2 aliphatic rings. The number of halogens is 3. The van der Waals surface area contributed by atoms with Crippen molar-refractivity contribution in [3.63, 3.8) is 0 Å². The Morgan fingerprint density at radius 1 is 1.08 bits per heavy atom. The molecule has 0 bridgehead atoms. The second-order valence-electron chi connectivity index (χ2n) is 6.30. The number of piperidine rings is 1. The second-order valence-corrected chi connectivity index (χ2v) is 6.30. The molecular weight excluding hydrogens is 341 g/mol. The summed E-state index contributed by atoms with van der Waals surface area (Å²) >= 11 is 0. The molecule has 2 fully saturated rings. The van der Waals surface area contributed by atoms with Crippen LogP contribution in [0.15, 0.2) is 24.3 Å². The summed E-state index contributed by atoms with van der Waals surface area (Å²) in [6, 6.07) is 5.19. The maximum Gasteiger partial charge on any atom is 0.573 e. The lowest BCUT2D eigenvalue weighted by Gasteiger charge is -2.36. The van der Waals surface area contributed by atoms with E-state index in [1.807, 2.05) is 0 Å². The second kappa shape index (κ2) is 6.12. The van der Waals surface area contributed by atoms with E-state index in [1.54, 1.807) is 4.90 Å². The number of nitrogens with zero attached hydrogens (tertiary/aromatic N) is 2. The minimum atomic E-state index is -4.76. The molecule has 9 heteroatoms. The normalized spacial score (nSPS) is 20.2. The molecule has 0 radical (unpaired) electrons. The lowest BCUT2D eigenvalue weighted by molar-refractivity contribution is -0.274. The van der Waals surface area contributed by atoms with Crippen LogP contribution in [0, 0.1) is 5.41 Å². The predicted molar refractivity (Wildman–Crippen MR) is 81.4 cm³/mol. The highest BCUT2D eigenvalue weighted by atomic mass is 19.4. The lowest BCUT2D eigenvalue weighted by atomic mass is 9.77. The van der Waals surface area contributed by atoms with Crippen molar-refractivity contribution in [3.05, 3.63) is 24.3 Å². The van der Waals surface area contributed by atoms with Crippen LogP contribution in [0.3, 0.4) is 0 Å². The lowest BCUT2D eigenvalue weighted by Crippen LogP contribution is -2.46. The number of likely N-dealkylation sites (tertiary alicyclic amines) is 1. The zero-order valence-corrected chi connectivity index (χ0v) is 13.3. The van der Waals surface area contributed by atoms with Crippen molar-refractivity contribution in [1.82, 2.24) is 4.90 Å². The molecule has 2 heterocycles. The minimum absolute atomic E-state index is 0.0953. The molecule has 1 spiro atoms. The summed E-state index contributed by atoms with van der Waals surface area (Å²) in [5.74, 6) is -0.436. The number of carbonyl (C=O) groups is 2. The number of carbonyl (C=O) groups excluding carboxylic acids is 1. The van der Waals surface area contributed by atoms with Gasteiger partial charge in [0.2, 0.25) is 5.91 Å². The van der Waals surface area contributed by atoms with Gasteiger partial charge in [-0.25, -0.2) is 4.79 Å². The Morgan fingerprint density at radius 2 is 1.64 bits per heavy atom. The number of hydrogen-bond donors (Lipinski definition) is 1. The molecule has 2 aliphatic heterocycles. The molecule has 1 aromatic rings. The predicted octanol–water partition coefficient (Wildman–Crippen LogP) is 3.08. The quantitative estimate of drug-likeness (QED) is 0.882. The Bertz CT molecular complexity index is 667. The smallest absolute Gasteiger partial charge is 0.465 e. The molecule has 0 unspecified atom stereocenters. The van der Waals surface area contributed by atoms with Crippen LogP contribution < -0.4 is 9.64 Å². The molecule has 3 rings (SSSR count). The van der Waals surface area contributed by atoms with Crippen molar-refractivity contribution < 1.29 is 32.6 Å². The number of amides is 2. The Kier molecular flexibility index (Phi) is 4.26. The van der Waals surface area contributed by atoms with E-state index >= 15 is 0 Å². The van der Waals surface area contributed by atoms with Gasteiger partial charge in [0.1, 0.15) is 5.75 Å². The number of ether oxygens (including phenoxy) is 1. The third kappa shape index (κ3) is 3.49. The van der Waals surface area contributed by atoms with E-state index in [9.17, 15) is 22.8 Å². The molecule has 25 heavy (non-hydrogen) atoms. The van der Waals surface area contributed by atoms with Gasteiger partial charge in [-0.15, -0.1) is 13.2 Å².